The Kier molecular flexibility index (Phi) is 4.78. The van der Waals surface area contributed by atoms with Crippen molar-refractivity contribution in [1.29, 1.82) is 0 Å². The van der Waals surface area contributed by atoms with Crippen LogP contribution in [0.2, 0.25) is 0 Å². The van der Waals surface area contributed by atoms with E-state index in [1.165, 1.54) is 37.7 Å². The van der Waals surface area contributed by atoms with Crippen LogP contribution in [-0.2, 0) is 7.05 Å². The van der Waals surface area contributed by atoms with Gasteiger partial charge in [0.15, 0.2) is 0 Å². The lowest BCUT2D eigenvalue weighted by molar-refractivity contribution is 0.541. The zero-order chi connectivity index (χ0) is 10.4. The number of aryl methyl sites for hydroxylation is 1. The largest absolute Gasteiger partial charge is 0.357 e. The number of rotatable bonds is 6. The summed E-state index contributed by atoms with van der Waals surface area (Å²) in [7, 11) is 2.10. The van der Waals surface area contributed by atoms with Crippen LogP contribution in [0.3, 0.4) is 0 Å². The van der Waals surface area contributed by atoms with Gasteiger partial charge in [0.2, 0.25) is 0 Å². The van der Waals surface area contributed by atoms with Crippen LogP contribution in [0, 0.1) is 0 Å². The Morgan fingerprint density at radius 3 is 2.50 bits per heavy atom. The highest BCUT2D eigenvalue weighted by Gasteiger charge is 2.10. The number of nitrogens with zero attached hydrogens (tertiary/aromatic N) is 1. The third-order valence-corrected chi connectivity index (χ3v) is 2.87. The van der Waals surface area contributed by atoms with Crippen molar-refractivity contribution in [3.05, 3.63) is 24.0 Å². The standard InChI is InChI=1S/C13H23N/c1-4-6-8-12(7-5-2)13-9-10-14(3)11-13/h9-12H,4-8H2,1-3H3. The van der Waals surface area contributed by atoms with E-state index in [0.29, 0.717) is 0 Å². The average molecular weight is 193 g/mol. The summed E-state index contributed by atoms with van der Waals surface area (Å²) in [4.78, 5) is 0. The van der Waals surface area contributed by atoms with Crippen molar-refractivity contribution in [2.45, 2.75) is 51.9 Å². The summed E-state index contributed by atoms with van der Waals surface area (Å²) in [6.07, 6.45) is 11.1. The van der Waals surface area contributed by atoms with Gasteiger partial charge in [0.1, 0.15) is 0 Å². The van der Waals surface area contributed by atoms with Crippen LogP contribution in [-0.4, -0.2) is 4.57 Å². The smallest absolute Gasteiger partial charge is 0.0106 e. The van der Waals surface area contributed by atoms with E-state index in [1.807, 2.05) is 0 Å². The lowest BCUT2D eigenvalue weighted by Crippen LogP contribution is -1.97. The van der Waals surface area contributed by atoms with Gasteiger partial charge in [-0.1, -0.05) is 33.1 Å². The van der Waals surface area contributed by atoms with Gasteiger partial charge in [-0.25, -0.2) is 0 Å². The topological polar surface area (TPSA) is 4.93 Å². The first kappa shape index (κ1) is 11.4. The molecule has 0 aliphatic heterocycles. The zero-order valence-corrected chi connectivity index (χ0v) is 9.79. The lowest BCUT2D eigenvalue weighted by atomic mass is 9.92. The van der Waals surface area contributed by atoms with Crippen molar-refractivity contribution in [2.75, 3.05) is 0 Å². The van der Waals surface area contributed by atoms with E-state index < -0.39 is 0 Å². The maximum atomic E-state index is 2.28. The second-order valence-corrected chi connectivity index (χ2v) is 4.24. The number of hydrogen-bond donors (Lipinski definition) is 0. The summed E-state index contributed by atoms with van der Waals surface area (Å²) in [5.74, 6) is 0.793. The SMILES string of the molecule is CCCCC(CCC)c1ccn(C)c1. The summed E-state index contributed by atoms with van der Waals surface area (Å²) in [5, 5.41) is 0. The van der Waals surface area contributed by atoms with Crippen molar-refractivity contribution in [2.24, 2.45) is 7.05 Å². The molecule has 0 aromatic carbocycles. The van der Waals surface area contributed by atoms with Crippen LogP contribution in [0.15, 0.2) is 18.5 Å². The van der Waals surface area contributed by atoms with Crippen molar-refractivity contribution in [1.82, 2.24) is 4.57 Å². The van der Waals surface area contributed by atoms with Gasteiger partial charge < -0.3 is 4.57 Å². The molecule has 1 atom stereocenters. The summed E-state index contributed by atoms with van der Waals surface area (Å²) in [5.41, 5.74) is 1.53. The van der Waals surface area contributed by atoms with Crippen molar-refractivity contribution in [3.8, 4) is 0 Å². The molecule has 0 spiro atoms. The molecule has 0 N–H and O–H groups in total. The molecule has 0 radical (unpaired) electrons. The second kappa shape index (κ2) is 5.90. The first-order chi connectivity index (χ1) is 6.77. The van der Waals surface area contributed by atoms with Crippen LogP contribution < -0.4 is 0 Å². The van der Waals surface area contributed by atoms with E-state index in [2.05, 4.69) is 43.9 Å². The van der Waals surface area contributed by atoms with Gasteiger partial charge >= 0.3 is 0 Å². The predicted molar refractivity (Wildman–Crippen MR) is 62.6 cm³/mol. The molecule has 1 rings (SSSR count). The maximum Gasteiger partial charge on any atom is 0.0106 e. The summed E-state index contributed by atoms with van der Waals surface area (Å²) >= 11 is 0. The molecule has 1 unspecified atom stereocenters. The van der Waals surface area contributed by atoms with E-state index in [9.17, 15) is 0 Å². The molecular formula is C13H23N. The predicted octanol–water partition coefficient (Wildman–Crippen LogP) is 4.10. The summed E-state index contributed by atoms with van der Waals surface area (Å²) in [6, 6.07) is 2.27. The molecule has 0 aliphatic rings. The van der Waals surface area contributed by atoms with Crippen molar-refractivity contribution < 1.29 is 0 Å². The van der Waals surface area contributed by atoms with Gasteiger partial charge in [-0.2, -0.15) is 0 Å². The fourth-order valence-electron chi connectivity index (χ4n) is 2.04. The minimum Gasteiger partial charge on any atom is -0.357 e. The molecule has 1 aromatic heterocycles. The van der Waals surface area contributed by atoms with Crippen molar-refractivity contribution in [3.63, 3.8) is 0 Å². The van der Waals surface area contributed by atoms with Gasteiger partial charge in [-0.15, -0.1) is 0 Å². The molecule has 14 heavy (non-hydrogen) atoms. The first-order valence-corrected chi connectivity index (χ1v) is 5.89. The molecule has 0 aliphatic carbocycles. The highest BCUT2D eigenvalue weighted by atomic mass is 14.9. The maximum absolute atomic E-state index is 2.28. The van der Waals surface area contributed by atoms with E-state index >= 15 is 0 Å². The summed E-state index contributed by atoms with van der Waals surface area (Å²) < 4.78 is 2.16. The fourth-order valence-corrected chi connectivity index (χ4v) is 2.04. The van der Waals surface area contributed by atoms with E-state index in [4.69, 9.17) is 0 Å². The van der Waals surface area contributed by atoms with Gasteiger partial charge in [-0.3, -0.25) is 0 Å². The third kappa shape index (κ3) is 3.21. The van der Waals surface area contributed by atoms with E-state index in [1.54, 1.807) is 0 Å². The third-order valence-electron chi connectivity index (χ3n) is 2.87. The van der Waals surface area contributed by atoms with Gasteiger partial charge in [0.05, 0.1) is 0 Å². The van der Waals surface area contributed by atoms with Crippen LogP contribution in [0.4, 0.5) is 0 Å². The highest BCUT2D eigenvalue weighted by molar-refractivity contribution is 5.15. The zero-order valence-electron chi connectivity index (χ0n) is 9.79. The molecule has 0 bridgehead atoms. The fraction of sp³-hybridized carbons (Fsp3) is 0.692. The average Bonchev–Trinajstić information content (AvgIpc) is 2.59. The summed E-state index contributed by atoms with van der Waals surface area (Å²) in [6.45, 7) is 4.55. The van der Waals surface area contributed by atoms with Crippen molar-refractivity contribution >= 4 is 0 Å². The molecule has 0 saturated carbocycles. The molecule has 1 heteroatoms. The molecule has 80 valence electrons. The van der Waals surface area contributed by atoms with Gasteiger partial charge in [-0.05, 0) is 30.4 Å². The highest BCUT2D eigenvalue weighted by Crippen LogP contribution is 2.26. The number of aromatic nitrogens is 1. The Balaban J connectivity index is 2.57. The molecule has 0 saturated heterocycles. The monoisotopic (exact) mass is 193 g/mol. The molecular weight excluding hydrogens is 170 g/mol. The van der Waals surface area contributed by atoms with Crippen LogP contribution >= 0.6 is 0 Å². The minimum absolute atomic E-state index is 0.793. The molecule has 1 heterocycles. The molecule has 0 amide bonds. The Morgan fingerprint density at radius 1 is 1.21 bits per heavy atom. The second-order valence-electron chi connectivity index (χ2n) is 4.24. The van der Waals surface area contributed by atoms with Gasteiger partial charge in [0.25, 0.3) is 0 Å². The minimum atomic E-state index is 0.793. The Labute approximate surface area is 88.1 Å². The molecule has 1 nitrogen and oxygen atoms in total. The molecule has 1 aromatic rings. The van der Waals surface area contributed by atoms with E-state index in [-0.39, 0.29) is 0 Å². The first-order valence-electron chi connectivity index (χ1n) is 5.89. The quantitative estimate of drug-likeness (QED) is 0.641. The number of unbranched alkanes of at least 4 members (excludes halogenated alkanes) is 1. The van der Waals surface area contributed by atoms with Crippen LogP contribution in [0.1, 0.15) is 57.4 Å². The van der Waals surface area contributed by atoms with Crippen LogP contribution in [0.25, 0.3) is 0 Å². The Morgan fingerprint density at radius 2 is 2.00 bits per heavy atom. The van der Waals surface area contributed by atoms with Gasteiger partial charge in [0, 0.05) is 19.4 Å². The molecule has 0 fully saturated rings. The van der Waals surface area contributed by atoms with Crippen LogP contribution in [0.5, 0.6) is 0 Å². The Hall–Kier alpha value is -0.720. The van der Waals surface area contributed by atoms with E-state index in [0.717, 1.165) is 5.92 Å². The lowest BCUT2D eigenvalue weighted by Gasteiger charge is -2.13. The number of hydrogen-bond acceptors (Lipinski definition) is 0. The normalized spacial score (nSPS) is 13.1. The Bertz CT molecular complexity index is 249.